The monoisotopic (exact) mass is 886 g/mol. The van der Waals surface area contributed by atoms with E-state index in [1.807, 2.05) is 11.3 Å². The molecule has 0 saturated heterocycles. The van der Waals surface area contributed by atoms with E-state index in [0.717, 1.165) is 64.3 Å². The molecule has 1 aromatic heterocycles. The van der Waals surface area contributed by atoms with Crippen molar-refractivity contribution in [2.75, 3.05) is 0 Å². The molecule has 3 heterocycles. The van der Waals surface area contributed by atoms with Gasteiger partial charge in [-0.15, -0.1) is 11.3 Å². The van der Waals surface area contributed by atoms with Crippen molar-refractivity contribution in [3.8, 4) is 22.3 Å². The van der Waals surface area contributed by atoms with Gasteiger partial charge in [0.05, 0.1) is 0 Å². The molecule has 0 radical (unpaired) electrons. The van der Waals surface area contributed by atoms with E-state index >= 15 is 0 Å². The molecule has 5 unspecified atom stereocenters. The number of hydrogen-bond acceptors (Lipinski definition) is 7. The summed E-state index contributed by atoms with van der Waals surface area (Å²) in [6.07, 6.45) is 15.5. The summed E-state index contributed by atoms with van der Waals surface area (Å²) in [5, 5.41) is 18.1. The second-order valence-corrected chi connectivity index (χ2v) is 18.9. The van der Waals surface area contributed by atoms with Crippen molar-refractivity contribution in [3.63, 3.8) is 0 Å². The van der Waals surface area contributed by atoms with Crippen LogP contribution in [0.1, 0.15) is 65.3 Å². The topological polar surface area (TPSA) is 72.8 Å². The molecule has 67 heavy (non-hydrogen) atoms. The van der Waals surface area contributed by atoms with Crippen LogP contribution < -0.4 is 21.3 Å². The predicted molar refractivity (Wildman–Crippen MR) is 279 cm³/mol. The van der Waals surface area contributed by atoms with Gasteiger partial charge in [-0.1, -0.05) is 170 Å². The molecule has 4 aliphatic rings. The second-order valence-electron chi connectivity index (χ2n) is 17.8. The van der Waals surface area contributed by atoms with Crippen LogP contribution in [0, 0.1) is 0 Å². The van der Waals surface area contributed by atoms with E-state index in [2.05, 4.69) is 234 Å². The number of allylic oxidation sites excluding steroid dienone is 6. The van der Waals surface area contributed by atoms with E-state index in [1.54, 1.807) is 0 Å². The molecule has 0 saturated carbocycles. The lowest BCUT2D eigenvalue weighted by Crippen LogP contribution is -2.52. The van der Waals surface area contributed by atoms with Crippen molar-refractivity contribution in [3.05, 3.63) is 251 Å². The zero-order valence-corrected chi connectivity index (χ0v) is 37.8. The molecule has 5 atom stereocenters. The van der Waals surface area contributed by atoms with Crippen LogP contribution in [-0.2, 0) is 0 Å². The molecule has 0 amide bonds. The van der Waals surface area contributed by atoms with Crippen LogP contribution in [0.3, 0.4) is 0 Å². The first-order valence-corrected chi connectivity index (χ1v) is 24.2. The number of nitrogens with one attached hydrogen (secondary N) is 4. The Morgan fingerprint density at radius 3 is 1.87 bits per heavy atom. The predicted octanol–water partition coefficient (Wildman–Crippen LogP) is 13.3. The van der Waals surface area contributed by atoms with Crippen LogP contribution in [0.25, 0.3) is 42.4 Å². The maximum atomic E-state index is 5.58. The highest BCUT2D eigenvalue weighted by molar-refractivity contribution is 7.25. The van der Waals surface area contributed by atoms with Gasteiger partial charge in [0, 0.05) is 37.2 Å². The third-order valence-electron chi connectivity index (χ3n) is 13.5. The van der Waals surface area contributed by atoms with Gasteiger partial charge in [-0.25, -0.2) is 9.98 Å². The Labute approximate surface area is 395 Å². The number of benzene rings is 7. The number of aliphatic imine (C=N–C) groups is 2. The van der Waals surface area contributed by atoms with Gasteiger partial charge in [-0.05, 0) is 112 Å². The lowest BCUT2D eigenvalue weighted by Gasteiger charge is -2.35. The molecule has 326 valence electrons. The van der Waals surface area contributed by atoms with E-state index in [0.29, 0.717) is 0 Å². The van der Waals surface area contributed by atoms with Crippen LogP contribution in [0.4, 0.5) is 0 Å². The summed E-state index contributed by atoms with van der Waals surface area (Å²) in [6.45, 7) is 0. The van der Waals surface area contributed by atoms with Crippen LogP contribution in [0.15, 0.2) is 234 Å². The second kappa shape index (κ2) is 18.1. The molecule has 0 bridgehead atoms. The fourth-order valence-electron chi connectivity index (χ4n) is 9.97. The quantitative estimate of drug-likeness (QED) is 0.117. The third kappa shape index (κ3) is 8.49. The van der Waals surface area contributed by atoms with Gasteiger partial charge in [0.25, 0.3) is 0 Å². The summed E-state index contributed by atoms with van der Waals surface area (Å²) in [6, 6.07) is 63.4. The molecule has 2 aliphatic carbocycles. The number of thiophene rings is 1. The highest BCUT2D eigenvalue weighted by atomic mass is 32.1. The minimum absolute atomic E-state index is 0.117. The Balaban J connectivity index is 1.01. The first kappa shape index (κ1) is 41.0. The average molecular weight is 887 g/mol. The van der Waals surface area contributed by atoms with E-state index in [4.69, 9.17) is 9.98 Å². The molecule has 2 aliphatic heterocycles. The average Bonchev–Trinajstić information content (AvgIpc) is 3.80. The maximum Gasteiger partial charge on any atom is 0.131 e. The van der Waals surface area contributed by atoms with E-state index in [-0.39, 0.29) is 30.6 Å². The highest BCUT2D eigenvalue weighted by Gasteiger charge is 2.31. The van der Waals surface area contributed by atoms with Crippen LogP contribution in [-0.4, -0.2) is 24.0 Å². The number of fused-ring (bicyclic) bond motifs is 3. The van der Waals surface area contributed by atoms with Gasteiger partial charge in [0.1, 0.15) is 36.3 Å². The maximum absolute atomic E-state index is 5.58. The largest absolute Gasteiger partial charge is 0.351 e. The zero-order valence-electron chi connectivity index (χ0n) is 37.0. The molecule has 8 aromatic rings. The Hall–Kier alpha value is -7.42. The minimum atomic E-state index is -0.289. The lowest BCUT2D eigenvalue weighted by atomic mass is 9.87. The number of amidine groups is 2. The van der Waals surface area contributed by atoms with Crippen molar-refractivity contribution >= 4 is 43.2 Å². The van der Waals surface area contributed by atoms with Crippen LogP contribution >= 0.6 is 11.3 Å². The van der Waals surface area contributed by atoms with E-state index in [9.17, 15) is 0 Å². The molecule has 0 spiro atoms. The summed E-state index contributed by atoms with van der Waals surface area (Å²) in [5.74, 6) is 1.96. The molecular weight excluding hydrogens is 837 g/mol. The zero-order chi connectivity index (χ0) is 44.5. The Morgan fingerprint density at radius 1 is 0.448 bits per heavy atom. The molecule has 0 fully saturated rings. The normalized spacial score (nSPS) is 21.5. The van der Waals surface area contributed by atoms with Gasteiger partial charge in [0.15, 0.2) is 0 Å². The first-order valence-electron chi connectivity index (χ1n) is 23.4. The highest BCUT2D eigenvalue weighted by Crippen LogP contribution is 2.38. The molecule has 6 nitrogen and oxygen atoms in total. The molecule has 4 N–H and O–H groups in total. The van der Waals surface area contributed by atoms with Gasteiger partial charge in [0.2, 0.25) is 0 Å². The standard InChI is InChI=1S/C60H50N6S/c1-5-17-39(18-6-1)43-25-15-27-46(33-43)57-61-55(41-21-9-3-10-22-41)63-59(65-57)49-35-48(45-31-32-54-52(38-45)51-29-13-14-30-53(51)67-54)36-50(37-49)60-64-56(42-23-11-4-12-24-42)62-58(66-60)47-28-16-26-44(34-47)40-19-7-2-8-20-40/h1-11,13-23,25-32,34-38,43,55-58,61-62H,12,24,33H2,(H,63,65)(H,64,66). The van der Waals surface area contributed by atoms with Crippen molar-refractivity contribution in [2.45, 2.75) is 49.8 Å². The molecule has 12 rings (SSSR count). The van der Waals surface area contributed by atoms with Crippen molar-refractivity contribution in [1.29, 1.82) is 0 Å². The summed E-state index contributed by atoms with van der Waals surface area (Å²) in [5.41, 5.74) is 12.8. The molecule has 7 aromatic carbocycles. The van der Waals surface area contributed by atoms with Crippen molar-refractivity contribution in [1.82, 2.24) is 21.3 Å². The SMILES string of the molecule is C1=CCCC(C2NC(c3cc(C4=NC(C5=CC=CC(c6ccccc6)C5)NC(c5ccccc5)N4)cc(-c4ccc5sc6ccccc6c5c4)c3)=NC(c3cccc(-c4ccccc4)c3)N2)=C1. The number of nitrogens with zero attached hydrogens (tertiary/aromatic N) is 2. The van der Waals surface area contributed by atoms with E-state index in [1.165, 1.54) is 48.0 Å². The van der Waals surface area contributed by atoms with Crippen LogP contribution in [0.5, 0.6) is 0 Å². The van der Waals surface area contributed by atoms with Gasteiger partial charge < -0.3 is 10.6 Å². The summed E-state index contributed by atoms with van der Waals surface area (Å²) in [4.78, 5) is 11.1. The van der Waals surface area contributed by atoms with Gasteiger partial charge >= 0.3 is 0 Å². The first-order chi connectivity index (χ1) is 33.1. The lowest BCUT2D eigenvalue weighted by molar-refractivity contribution is 0.423. The van der Waals surface area contributed by atoms with E-state index < -0.39 is 0 Å². The minimum Gasteiger partial charge on any atom is -0.351 e. The molecular formula is C60H50N6S. The third-order valence-corrected chi connectivity index (χ3v) is 14.6. The fourth-order valence-corrected chi connectivity index (χ4v) is 11.1. The molecule has 7 heteroatoms. The van der Waals surface area contributed by atoms with Gasteiger partial charge in [-0.2, -0.15) is 0 Å². The Bertz CT molecular complexity index is 3310. The van der Waals surface area contributed by atoms with Crippen molar-refractivity contribution in [2.24, 2.45) is 9.98 Å². The Kier molecular flexibility index (Phi) is 11.1. The Morgan fingerprint density at radius 2 is 1.07 bits per heavy atom. The van der Waals surface area contributed by atoms with Crippen LogP contribution in [0.2, 0.25) is 0 Å². The van der Waals surface area contributed by atoms with Crippen molar-refractivity contribution < 1.29 is 0 Å². The fraction of sp³-hybridized carbons (Fsp3) is 0.133. The summed E-state index contributed by atoms with van der Waals surface area (Å²) in [7, 11) is 0. The smallest absolute Gasteiger partial charge is 0.131 e. The summed E-state index contributed by atoms with van der Waals surface area (Å²) >= 11 is 1.85. The number of hydrogen-bond donors (Lipinski definition) is 4. The van der Waals surface area contributed by atoms with Gasteiger partial charge in [-0.3, -0.25) is 10.6 Å². The number of rotatable bonds is 9. The summed E-state index contributed by atoms with van der Waals surface area (Å²) < 4.78 is 2.58.